The number of rotatable bonds is 3. The number of ether oxygens (including phenoxy) is 1. The maximum absolute atomic E-state index is 11.7. The summed E-state index contributed by atoms with van der Waals surface area (Å²) in [5.74, 6) is 1.10. The number of benzene rings is 1. The molecule has 0 aromatic heterocycles. The third kappa shape index (κ3) is 3.06. The van der Waals surface area contributed by atoms with Crippen LogP contribution in [0.3, 0.4) is 0 Å². The molecule has 4 nitrogen and oxygen atoms in total. The minimum Gasteiger partial charge on any atom is -0.462 e. The molecule has 0 bridgehead atoms. The van der Waals surface area contributed by atoms with E-state index in [2.05, 4.69) is 18.7 Å². The molecule has 1 aliphatic rings. The van der Waals surface area contributed by atoms with Crippen molar-refractivity contribution in [1.29, 1.82) is 0 Å². The second-order valence-electron chi connectivity index (χ2n) is 5.68. The van der Waals surface area contributed by atoms with Gasteiger partial charge < -0.3 is 15.4 Å². The molecule has 1 aromatic rings. The molecule has 2 rings (SSSR count). The topological polar surface area (TPSA) is 55.6 Å². The zero-order valence-electron chi connectivity index (χ0n) is 12.6. The van der Waals surface area contributed by atoms with Gasteiger partial charge in [-0.2, -0.15) is 0 Å². The minimum absolute atomic E-state index is 0.314. The Labute approximate surface area is 120 Å². The SMILES string of the molecule is CCOC(=O)c1ccc(N2CCC(C)C(C)C2)c(N)c1. The van der Waals surface area contributed by atoms with Crippen molar-refractivity contribution in [3.8, 4) is 0 Å². The molecule has 1 fully saturated rings. The summed E-state index contributed by atoms with van der Waals surface area (Å²) >= 11 is 0. The number of carbonyl (C=O) groups excluding carboxylic acids is 1. The van der Waals surface area contributed by atoms with Crippen LogP contribution in [0.15, 0.2) is 18.2 Å². The molecule has 1 saturated heterocycles. The zero-order valence-corrected chi connectivity index (χ0v) is 12.6. The molecule has 1 heterocycles. The number of hydrogen-bond donors (Lipinski definition) is 1. The standard InChI is InChI=1S/C16H24N2O2/c1-4-20-16(19)13-5-6-15(14(17)9-13)18-8-7-11(2)12(3)10-18/h5-6,9,11-12H,4,7-8,10,17H2,1-3H3. The summed E-state index contributed by atoms with van der Waals surface area (Å²) in [6.07, 6.45) is 1.18. The quantitative estimate of drug-likeness (QED) is 0.681. The van der Waals surface area contributed by atoms with E-state index in [1.807, 2.05) is 6.07 Å². The monoisotopic (exact) mass is 276 g/mol. The molecule has 0 amide bonds. The Bertz CT molecular complexity index is 487. The number of esters is 1. The summed E-state index contributed by atoms with van der Waals surface area (Å²) in [4.78, 5) is 14.0. The molecule has 4 heteroatoms. The van der Waals surface area contributed by atoms with E-state index < -0.39 is 0 Å². The second kappa shape index (κ2) is 6.16. The van der Waals surface area contributed by atoms with Crippen LogP contribution in [0.1, 0.15) is 37.6 Å². The van der Waals surface area contributed by atoms with Crippen LogP contribution in [0.4, 0.5) is 11.4 Å². The van der Waals surface area contributed by atoms with Crippen molar-refractivity contribution >= 4 is 17.3 Å². The average Bonchev–Trinajstić information content (AvgIpc) is 2.42. The lowest BCUT2D eigenvalue weighted by molar-refractivity contribution is 0.0526. The van der Waals surface area contributed by atoms with Gasteiger partial charge in [-0.1, -0.05) is 13.8 Å². The smallest absolute Gasteiger partial charge is 0.338 e. The lowest BCUT2D eigenvalue weighted by Gasteiger charge is -2.37. The van der Waals surface area contributed by atoms with Crippen molar-refractivity contribution < 1.29 is 9.53 Å². The number of nitrogens with zero attached hydrogens (tertiary/aromatic N) is 1. The molecule has 1 aromatic carbocycles. The average molecular weight is 276 g/mol. The number of nitrogens with two attached hydrogens (primary N) is 1. The van der Waals surface area contributed by atoms with Gasteiger partial charge in [0.1, 0.15) is 0 Å². The Hall–Kier alpha value is -1.71. The van der Waals surface area contributed by atoms with Gasteiger partial charge >= 0.3 is 5.97 Å². The summed E-state index contributed by atoms with van der Waals surface area (Å²) in [7, 11) is 0. The molecule has 0 radical (unpaired) electrons. The third-order valence-electron chi connectivity index (χ3n) is 4.21. The second-order valence-corrected chi connectivity index (χ2v) is 5.68. The lowest BCUT2D eigenvalue weighted by Crippen LogP contribution is -2.38. The first-order chi connectivity index (χ1) is 9.52. The van der Waals surface area contributed by atoms with Crippen molar-refractivity contribution in [1.82, 2.24) is 0 Å². The molecule has 2 atom stereocenters. The van der Waals surface area contributed by atoms with Crippen LogP contribution in [0.2, 0.25) is 0 Å². The van der Waals surface area contributed by atoms with E-state index >= 15 is 0 Å². The normalized spacial score (nSPS) is 22.6. The highest BCUT2D eigenvalue weighted by Crippen LogP contribution is 2.31. The Morgan fingerprint density at radius 3 is 2.75 bits per heavy atom. The molecular formula is C16H24N2O2. The maximum Gasteiger partial charge on any atom is 0.338 e. The van der Waals surface area contributed by atoms with Crippen LogP contribution >= 0.6 is 0 Å². The van der Waals surface area contributed by atoms with E-state index in [0.717, 1.165) is 24.7 Å². The van der Waals surface area contributed by atoms with Crippen LogP contribution in [0.5, 0.6) is 0 Å². The molecule has 110 valence electrons. The largest absolute Gasteiger partial charge is 0.462 e. The van der Waals surface area contributed by atoms with Gasteiger partial charge in [-0.15, -0.1) is 0 Å². The van der Waals surface area contributed by atoms with Gasteiger partial charge in [-0.05, 0) is 43.4 Å². The van der Waals surface area contributed by atoms with Crippen LogP contribution in [0, 0.1) is 11.8 Å². The Balaban J connectivity index is 2.16. The van der Waals surface area contributed by atoms with Gasteiger partial charge in [0, 0.05) is 13.1 Å². The highest BCUT2D eigenvalue weighted by Gasteiger charge is 2.24. The molecular weight excluding hydrogens is 252 g/mol. The maximum atomic E-state index is 11.7. The van der Waals surface area contributed by atoms with E-state index in [9.17, 15) is 4.79 Å². The summed E-state index contributed by atoms with van der Waals surface area (Å²) in [5, 5.41) is 0. The first-order valence-corrected chi connectivity index (χ1v) is 7.34. The Morgan fingerprint density at radius 2 is 2.15 bits per heavy atom. The fourth-order valence-corrected chi connectivity index (χ4v) is 2.67. The van der Waals surface area contributed by atoms with Gasteiger partial charge in [0.15, 0.2) is 0 Å². The highest BCUT2D eigenvalue weighted by molar-refractivity contribution is 5.92. The molecule has 0 spiro atoms. The van der Waals surface area contributed by atoms with E-state index in [-0.39, 0.29) is 5.97 Å². The van der Waals surface area contributed by atoms with Gasteiger partial charge in [0.2, 0.25) is 0 Å². The molecule has 0 aliphatic carbocycles. The van der Waals surface area contributed by atoms with E-state index in [0.29, 0.717) is 23.8 Å². The molecule has 2 N–H and O–H groups in total. The van der Waals surface area contributed by atoms with Crippen LogP contribution in [0.25, 0.3) is 0 Å². The van der Waals surface area contributed by atoms with Crippen LogP contribution in [-0.2, 0) is 4.74 Å². The molecule has 2 unspecified atom stereocenters. The number of carbonyl (C=O) groups is 1. The summed E-state index contributed by atoms with van der Waals surface area (Å²) in [6, 6.07) is 5.45. The lowest BCUT2D eigenvalue weighted by atomic mass is 9.88. The predicted molar refractivity (Wildman–Crippen MR) is 82.0 cm³/mol. The van der Waals surface area contributed by atoms with E-state index in [1.165, 1.54) is 6.42 Å². The number of nitrogen functional groups attached to an aromatic ring is 1. The summed E-state index contributed by atoms with van der Waals surface area (Å²) in [5.41, 5.74) is 8.31. The molecule has 20 heavy (non-hydrogen) atoms. The summed E-state index contributed by atoms with van der Waals surface area (Å²) in [6.45, 7) is 8.79. The number of piperidine rings is 1. The van der Waals surface area contributed by atoms with Gasteiger partial charge in [0.25, 0.3) is 0 Å². The van der Waals surface area contributed by atoms with Gasteiger partial charge in [0.05, 0.1) is 23.5 Å². The molecule has 0 saturated carbocycles. The fraction of sp³-hybridized carbons (Fsp3) is 0.562. The van der Waals surface area contributed by atoms with Crippen molar-refractivity contribution in [3.05, 3.63) is 23.8 Å². The minimum atomic E-state index is -0.314. The first kappa shape index (κ1) is 14.7. The van der Waals surface area contributed by atoms with Crippen molar-refractivity contribution in [2.45, 2.75) is 27.2 Å². The van der Waals surface area contributed by atoms with Crippen LogP contribution in [-0.4, -0.2) is 25.7 Å². The zero-order chi connectivity index (χ0) is 14.7. The Kier molecular flexibility index (Phi) is 4.53. The van der Waals surface area contributed by atoms with Crippen LogP contribution < -0.4 is 10.6 Å². The first-order valence-electron chi connectivity index (χ1n) is 7.34. The van der Waals surface area contributed by atoms with E-state index in [4.69, 9.17) is 10.5 Å². The Morgan fingerprint density at radius 1 is 1.40 bits per heavy atom. The number of hydrogen-bond acceptors (Lipinski definition) is 4. The fourth-order valence-electron chi connectivity index (χ4n) is 2.67. The van der Waals surface area contributed by atoms with Crippen molar-refractivity contribution in [3.63, 3.8) is 0 Å². The van der Waals surface area contributed by atoms with Crippen molar-refractivity contribution in [2.24, 2.45) is 11.8 Å². The molecule has 1 aliphatic heterocycles. The van der Waals surface area contributed by atoms with Gasteiger partial charge in [-0.3, -0.25) is 0 Å². The predicted octanol–water partition coefficient (Wildman–Crippen LogP) is 2.93. The van der Waals surface area contributed by atoms with Crippen molar-refractivity contribution in [2.75, 3.05) is 30.3 Å². The number of anilines is 2. The third-order valence-corrected chi connectivity index (χ3v) is 4.21. The highest BCUT2D eigenvalue weighted by atomic mass is 16.5. The summed E-state index contributed by atoms with van der Waals surface area (Å²) < 4.78 is 4.99. The van der Waals surface area contributed by atoms with Gasteiger partial charge in [-0.25, -0.2) is 4.79 Å². The van der Waals surface area contributed by atoms with E-state index in [1.54, 1.807) is 19.1 Å².